The second-order valence-corrected chi connectivity index (χ2v) is 8.65. The molecule has 0 unspecified atom stereocenters. The highest BCUT2D eigenvalue weighted by Gasteiger charge is 2.35. The van der Waals surface area contributed by atoms with Gasteiger partial charge < -0.3 is 9.84 Å². The SMILES string of the molecule is Cc1cc(F)ccc1NC(=O)C1CCN(S(=O)(=O)c2c(C)noc2C)CC1. The molecule has 0 saturated carbocycles. The molecule has 2 heterocycles. The number of sulfonamides is 1. The van der Waals surface area contributed by atoms with Gasteiger partial charge in [0, 0.05) is 24.7 Å². The Kier molecular flexibility index (Phi) is 5.34. The van der Waals surface area contributed by atoms with Gasteiger partial charge in [-0.3, -0.25) is 4.79 Å². The van der Waals surface area contributed by atoms with E-state index in [1.165, 1.54) is 22.5 Å². The summed E-state index contributed by atoms with van der Waals surface area (Å²) in [6.45, 7) is 5.37. The molecule has 0 aliphatic carbocycles. The van der Waals surface area contributed by atoms with E-state index in [9.17, 15) is 17.6 Å². The number of amides is 1. The lowest BCUT2D eigenvalue weighted by Gasteiger charge is -2.30. The average molecular weight is 395 g/mol. The van der Waals surface area contributed by atoms with Gasteiger partial charge in [0.05, 0.1) is 0 Å². The van der Waals surface area contributed by atoms with Crippen LogP contribution in [-0.2, 0) is 14.8 Å². The second-order valence-electron chi connectivity index (χ2n) is 6.78. The number of piperidine rings is 1. The first-order valence-electron chi connectivity index (χ1n) is 8.70. The van der Waals surface area contributed by atoms with Crippen LogP contribution in [0.3, 0.4) is 0 Å². The van der Waals surface area contributed by atoms with E-state index in [4.69, 9.17) is 4.52 Å². The molecule has 1 amide bonds. The lowest BCUT2D eigenvalue weighted by atomic mass is 9.97. The van der Waals surface area contributed by atoms with E-state index >= 15 is 0 Å². The fraction of sp³-hybridized carbons (Fsp3) is 0.444. The number of carbonyl (C=O) groups is 1. The minimum absolute atomic E-state index is 0.104. The van der Waals surface area contributed by atoms with Gasteiger partial charge >= 0.3 is 0 Å². The topological polar surface area (TPSA) is 92.5 Å². The van der Waals surface area contributed by atoms with Crippen LogP contribution in [0.25, 0.3) is 0 Å². The number of hydrogen-bond acceptors (Lipinski definition) is 5. The summed E-state index contributed by atoms with van der Waals surface area (Å²) in [6, 6.07) is 4.18. The van der Waals surface area contributed by atoms with E-state index < -0.39 is 10.0 Å². The number of hydrogen-bond donors (Lipinski definition) is 1. The summed E-state index contributed by atoms with van der Waals surface area (Å²) in [5.74, 6) is -0.577. The number of halogens is 1. The molecule has 9 heteroatoms. The predicted octanol–water partition coefficient (Wildman–Crippen LogP) is 2.78. The van der Waals surface area contributed by atoms with Gasteiger partial charge in [-0.2, -0.15) is 4.31 Å². The number of benzene rings is 1. The van der Waals surface area contributed by atoms with Crippen molar-refractivity contribution in [2.75, 3.05) is 18.4 Å². The predicted molar refractivity (Wildman–Crippen MR) is 97.2 cm³/mol. The van der Waals surface area contributed by atoms with Crippen molar-refractivity contribution in [2.45, 2.75) is 38.5 Å². The summed E-state index contributed by atoms with van der Waals surface area (Å²) in [5, 5.41) is 6.52. The summed E-state index contributed by atoms with van der Waals surface area (Å²) >= 11 is 0. The summed E-state index contributed by atoms with van der Waals surface area (Å²) in [5.41, 5.74) is 1.54. The van der Waals surface area contributed by atoms with Crippen LogP contribution in [0.2, 0.25) is 0 Å². The molecule has 1 aromatic heterocycles. The highest BCUT2D eigenvalue weighted by atomic mass is 32.2. The van der Waals surface area contributed by atoms with Gasteiger partial charge in [-0.15, -0.1) is 0 Å². The molecule has 1 aliphatic rings. The van der Waals surface area contributed by atoms with Crippen molar-refractivity contribution in [3.63, 3.8) is 0 Å². The molecule has 146 valence electrons. The minimum Gasteiger partial charge on any atom is -0.360 e. The zero-order valence-electron chi connectivity index (χ0n) is 15.5. The molecule has 3 rings (SSSR count). The van der Waals surface area contributed by atoms with Crippen LogP contribution in [0.1, 0.15) is 29.9 Å². The fourth-order valence-electron chi connectivity index (χ4n) is 3.33. The van der Waals surface area contributed by atoms with Crippen molar-refractivity contribution < 1.29 is 22.1 Å². The lowest BCUT2D eigenvalue weighted by Crippen LogP contribution is -2.41. The maximum absolute atomic E-state index is 13.2. The van der Waals surface area contributed by atoms with Crippen LogP contribution in [0.15, 0.2) is 27.6 Å². The Labute approximate surface area is 157 Å². The molecular formula is C18H22FN3O4S. The third-order valence-corrected chi connectivity index (χ3v) is 6.98. The molecule has 0 radical (unpaired) electrons. The van der Waals surface area contributed by atoms with Crippen LogP contribution in [-0.4, -0.2) is 36.9 Å². The van der Waals surface area contributed by atoms with Gasteiger partial charge in [0.15, 0.2) is 5.76 Å². The third kappa shape index (κ3) is 3.89. The standard InChI is InChI=1S/C18H22FN3O4S/c1-11-10-15(19)4-5-16(11)20-18(23)14-6-8-22(9-7-14)27(24,25)17-12(2)21-26-13(17)3/h4-5,10,14H,6-9H2,1-3H3,(H,20,23). The monoisotopic (exact) mass is 395 g/mol. The molecule has 0 atom stereocenters. The van der Waals surface area contributed by atoms with Crippen LogP contribution in [0.4, 0.5) is 10.1 Å². The zero-order valence-corrected chi connectivity index (χ0v) is 16.3. The maximum atomic E-state index is 13.2. The number of anilines is 1. The van der Waals surface area contributed by atoms with Crippen LogP contribution in [0.5, 0.6) is 0 Å². The minimum atomic E-state index is -3.70. The van der Waals surface area contributed by atoms with E-state index in [0.717, 1.165) is 0 Å². The lowest BCUT2D eigenvalue weighted by molar-refractivity contribution is -0.120. The first-order valence-corrected chi connectivity index (χ1v) is 10.1. The van der Waals surface area contributed by atoms with Crippen molar-refractivity contribution in [2.24, 2.45) is 5.92 Å². The van der Waals surface area contributed by atoms with Gasteiger partial charge in [0.25, 0.3) is 0 Å². The smallest absolute Gasteiger partial charge is 0.248 e. The Morgan fingerprint density at radius 1 is 1.26 bits per heavy atom. The molecule has 1 aliphatic heterocycles. The molecular weight excluding hydrogens is 373 g/mol. The van der Waals surface area contributed by atoms with E-state index in [-0.39, 0.29) is 41.4 Å². The Balaban J connectivity index is 1.65. The molecule has 2 aromatic rings. The van der Waals surface area contributed by atoms with Gasteiger partial charge in [-0.1, -0.05) is 5.16 Å². The number of aryl methyl sites for hydroxylation is 3. The number of nitrogens with zero attached hydrogens (tertiary/aromatic N) is 2. The van der Waals surface area contributed by atoms with E-state index in [2.05, 4.69) is 10.5 Å². The summed E-state index contributed by atoms with van der Waals surface area (Å²) in [6.07, 6.45) is 0.823. The van der Waals surface area contributed by atoms with Crippen molar-refractivity contribution in [1.82, 2.24) is 9.46 Å². The average Bonchev–Trinajstić information content (AvgIpc) is 2.96. The van der Waals surface area contributed by atoms with E-state index in [1.807, 2.05) is 0 Å². The number of nitrogens with one attached hydrogen (secondary N) is 1. The van der Waals surface area contributed by atoms with Gasteiger partial charge in [0.1, 0.15) is 16.4 Å². The zero-order chi connectivity index (χ0) is 19.8. The van der Waals surface area contributed by atoms with Gasteiger partial charge in [0.2, 0.25) is 15.9 Å². The molecule has 27 heavy (non-hydrogen) atoms. The first kappa shape index (κ1) is 19.5. The Morgan fingerprint density at radius 2 is 1.93 bits per heavy atom. The molecule has 1 saturated heterocycles. The van der Waals surface area contributed by atoms with Crippen LogP contribution >= 0.6 is 0 Å². The van der Waals surface area contributed by atoms with Crippen molar-refractivity contribution >= 4 is 21.6 Å². The van der Waals surface area contributed by atoms with Crippen LogP contribution < -0.4 is 5.32 Å². The second kappa shape index (κ2) is 7.40. The summed E-state index contributed by atoms with van der Waals surface area (Å²) in [7, 11) is -3.70. The molecule has 0 spiro atoms. The molecule has 1 N–H and O–H groups in total. The number of aromatic nitrogens is 1. The summed E-state index contributed by atoms with van der Waals surface area (Å²) in [4.78, 5) is 12.6. The van der Waals surface area contributed by atoms with Gasteiger partial charge in [-0.25, -0.2) is 12.8 Å². The molecule has 7 nitrogen and oxygen atoms in total. The number of carbonyl (C=O) groups excluding carboxylic acids is 1. The Bertz CT molecular complexity index is 943. The molecule has 1 aromatic carbocycles. The van der Waals surface area contributed by atoms with E-state index in [1.54, 1.807) is 20.8 Å². The van der Waals surface area contributed by atoms with Crippen molar-refractivity contribution in [3.8, 4) is 0 Å². The van der Waals surface area contributed by atoms with Crippen molar-refractivity contribution in [3.05, 3.63) is 41.0 Å². The highest BCUT2D eigenvalue weighted by molar-refractivity contribution is 7.89. The molecule has 0 bridgehead atoms. The Hall–Kier alpha value is -2.26. The van der Waals surface area contributed by atoms with E-state index in [0.29, 0.717) is 29.8 Å². The number of rotatable bonds is 4. The quantitative estimate of drug-likeness (QED) is 0.859. The fourth-order valence-corrected chi connectivity index (χ4v) is 5.09. The van der Waals surface area contributed by atoms with Gasteiger partial charge in [-0.05, 0) is 57.4 Å². The molecule has 1 fully saturated rings. The summed E-state index contributed by atoms with van der Waals surface area (Å²) < 4.78 is 45.2. The van der Waals surface area contributed by atoms with Crippen LogP contribution in [0, 0.1) is 32.5 Å². The first-order chi connectivity index (χ1) is 12.7. The third-order valence-electron chi connectivity index (χ3n) is 4.84. The highest BCUT2D eigenvalue weighted by Crippen LogP contribution is 2.28. The maximum Gasteiger partial charge on any atom is 0.248 e. The van der Waals surface area contributed by atoms with Crippen molar-refractivity contribution in [1.29, 1.82) is 0 Å². The Morgan fingerprint density at radius 3 is 2.48 bits per heavy atom. The largest absolute Gasteiger partial charge is 0.360 e. The normalized spacial score (nSPS) is 16.4.